The summed E-state index contributed by atoms with van der Waals surface area (Å²) in [6.07, 6.45) is 4.96. The predicted molar refractivity (Wildman–Crippen MR) is 104 cm³/mol. The van der Waals surface area contributed by atoms with Gasteiger partial charge in [0.05, 0.1) is 0 Å². The van der Waals surface area contributed by atoms with Gasteiger partial charge < -0.3 is 26.1 Å². The monoisotopic (exact) mass is 421 g/mol. The second kappa shape index (κ2) is 20.3. The van der Waals surface area contributed by atoms with Crippen molar-refractivity contribution in [1.29, 1.82) is 0 Å². The van der Waals surface area contributed by atoms with Crippen LogP contribution < -0.4 is 15.5 Å². The minimum absolute atomic E-state index is 0. The van der Waals surface area contributed by atoms with E-state index in [1.165, 1.54) is 12.8 Å². The van der Waals surface area contributed by atoms with E-state index in [0.29, 0.717) is 24.3 Å². The summed E-state index contributed by atoms with van der Waals surface area (Å²) >= 11 is 0. The number of carbonyl (C=O) groups excluding carboxylic acids is 2. The molecule has 1 aliphatic carbocycles. The largest absolute Gasteiger partial charge is 3.00 e. The van der Waals surface area contributed by atoms with Crippen molar-refractivity contribution in [3.63, 3.8) is 0 Å². The molecule has 1 atom stereocenters. The van der Waals surface area contributed by atoms with Gasteiger partial charge in [-0.15, -0.1) is 12.2 Å². The fraction of sp³-hybridized carbons (Fsp3) is 0.900. The van der Waals surface area contributed by atoms with Crippen molar-refractivity contribution in [1.82, 2.24) is 5.32 Å². The van der Waals surface area contributed by atoms with E-state index in [-0.39, 0.29) is 27.6 Å². The minimum atomic E-state index is -0.495. The molecule has 1 unspecified atom stereocenters. The van der Waals surface area contributed by atoms with Crippen molar-refractivity contribution in [2.75, 3.05) is 0 Å². The van der Waals surface area contributed by atoms with E-state index in [2.05, 4.69) is 19.2 Å². The van der Waals surface area contributed by atoms with Gasteiger partial charge in [0, 0.05) is 18.4 Å². The summed E-state index contributed by atoms with van der Waals surface area (Å²) in [6, 6.07) is 0.427. The minimum Gasteiger partial charge on any atom is -0.852 e. The predicted octanol–water partition coefficient (Wildman–Crippen LogP) is 2.96. The first-order valence-corrected chi connectivity index (χ1v) is 9.62. The zero-order chi connectivity index (χ0) is 21.3. The molecule has 7 heteroatoms. The van der Waals surface area contributed by atoms with Crippen molar-refractivity contribution in [2.24, 2.45) is 5.41 Å². The Morgan fingerprint density at radius 3 is 1.70 bits per heavy atom. The van der Waals surface area contributed by atoms with E-state index in [0.717, 1.165) is 12.8 Å². The van der Waals surface area contributed by atoms with E-state index < -0.39 is 18.1 Å². The fourth-order valence-corrected chi connectivity index (χ4v) is 2.15. The Hall–Kier alpha value is -0.426. The second-order valence-electron chi connectivity index (χ2n) is 7.75. The number of hydrogen-bond acceptors (Lipinski definition) is 4. The summed E-state index contributed by atoms with van der Waals surface area (Å²) in [5, 5.41) is 22.1. The SMILES string of the molecule is CC(C)[O-].CC(C)[O-].CCC(=O)NC1CCCC(C)(C)C1.CCC([NH-])=O.[Ti+3]. The molecule has 1 rings (SSSR count). The third-order valence-corrected chi connectivity index (χ3v) is 3.21. The summed E-state index contributed by atoms with van der Waals surface area (Å²) in [6.45, 7) is 14.6. The summed E-state index contributed by atoms with van der Waals surface area (Å²) < 4.78 is 0. The van der Waals surface area contributed by atoms with Gasteiger partial charge in [-0.2, -0.15) is 0 Å². The molecule has 0 aliphatic heterocycles. The molecule has 0 aromatic heterocycles. The quantitative estimate of drug-likeness (QED) is 0.705. The molecule has 27 heavy (non-hydrogen) atoms. The van der Waals surface area contributed by atoms with Crippen LogP contribution >= 0.6 is 0 Å². The van der Waals surface area contributed by atoms with Gasteiger partial charge in [-0.3, -0.25) is 4.79 Å². The third kappa shape index (κ3) is 37.1. The van der Waals surface area contributed by atoms with E-state index in [1.807, 2.05) is 6.92 Å². The maximum atomic E-state index is 11.2. The van der Waals surface area contributed by atoms with Gasteiger partial charge >= 0.3 is 21.7 Å². The zero-order valence-corrected chi connectivity index (χ0v) is 20.2. The average Bonchev–Trinajstić information content (AvgIpc) is 2.45. The summed E-state index contributed by atoms with van der Waals surface area (Å²) in [5.74, 6) is -0.298. The van der Waals surface area contributed by atoms with Gasteiger partial charge in [-0.05, 0) is 31.1 Å². The maximum Gasteiger partial charge on any atom is 3.00 e. The Balaban J connectivity index is -0.000000158. The Morgan fingerprint density at radius 1 is 1.07 bits per heavy atom. The van der Waals surface area contributed by atoms with Crippen LogP contribution in [0, 0.1) is 5.41 Å². The van der Waals surface area contributed by atoms with Gasteiger partial charge in [-0.25, -0.2) is 0 Å². The van der Waals surface area contributed by atoms with Crippen LogP contribution in [0.25, 0.3) is 5.73 Å². The number of rotatable bonds is 3. The normalized spacial score (nSPS) is 17.0. The van der Waals surface area contributed by atoms with E-state index in [9.17, 15) is 19.8 Å². The summed E-state index contributed by atoms with van der Waals surface area (Å²) in [7, 11) is 0. The first kappa shape index (κ1) is 34.1. The molecule has 2 amide bonds. The summed E-state index contributed by atoms with van der Waals surface area (Å²) in [5.41, 5.74) is 6.61. The van der Waals surface area contributed by atoms with Crippen LogP contribution in [0.2, 0.25) is 0 Å². The molecule has 1 aliphatic rings. The van der Waals surface area contributed by atoms with Gasteiger partial charge in [0.25, 0.3) is 0 Å². The topological polar surface area (TPSA) is 116 Å². The van der Waals surface area contributed by atoms with E-state index >= 15 is 0 Å². The Kier molecular flexibility index (Phi) is 25.7. The number of amides is 2. The molecular weight excluding hydrogens is 380 g/mol. The molecule has 6 nitrogen and oxygen atoms in total. The van der Waals surface area contributed by atoms with Crippen molar-refractivity contribution in [3.8, 4) is 0 Å². The first-order chi connectivity index (χ1) is 11.8. The maximum absolute atomic E-state index is 11.2. The van der Waals surface area contributed by atoms with Crippen molar-refractivity contribution in [3.05, 3.63) is 5.73 Å². The van der Waals surface area contributed by atoms with Crippen LogP contribution in [0.3, 0.4) is 0 Å². The molecule has 0 saturated heterocycles. The van der Waals surface area contributed by atoms with E-state index in [1.54, 1.807) is 34.6 Å². The molecule has 1 fully saturated rings. The van der Waals surface area contributed by atoms with Crippen molar-refractivity contribution < 1.29 is 41.5 Å². The fourth-order valence-electron chi connectivity index (χ4n) is 2.15. The first-order valence-electron chi connectivity index (χ1n) is 9.62. The molecule has 0 bridgehead atoms. The van der Waals surface area contributed by atoms with Gasteiger partial charge in [0.2, 0.25) is 5.91 Å². The smallest absolute Gasteiger partial charge is 0.852 e. The van der Waals surface area contributed by atoms with Gasteiger partial charge in [-0.1, -0.05) is 61.8 Å². The molecule has 0 spiro atoms. The molecule has 0 aromatic rings. The number of nitrogens with one attached hydrogen (secondary N) is 2. The average molecular weight is 421 g/mol. The number of carbonyl (C=O) groups is 2. The molecule has 159 valence electrons. The Bertz CT molecular complexity index is 350. The Labute approximate surface area is 181 Å². The van der Waals surface area contributed by atoms with E-state index in [4.69, 9.17) is 5.73 Å². The van der Waals surface area contributed by atoms with Crippen LogP contribution in [0.1, 0.15) is 93.9 Å². The molecule has 0 heterocycles. The van der Waals surface area contributed by atoms with Crippen LogP contribution in [0.5, 0.6) is 0 Å². The third-order valence-electron chi connectivity index (χ3n) is 3.21. The second-order valence-corrected chi connectivity index (χ2v) is 7.75. The number of hydrogen-bond donors (Lipinski definition) is 1. The standard InChI is InChI=1S/C11H21NO.C3H7NO.2C3H7O.Ti/c1-4-10(13)12-9-6-5-7-11(2,3)8-9;1-2-3(4)5;2*1-3(2)4;/h9H,4-8H2,1-3H3,(H,12,13);2H2,1H3,(H2,4,5);2*3H,1-2H3;/q;;2*-1;+3/p-1. The molecule has 1 radical (unpaired) electrons. The molecule has 0 aromatic carbocycles. The van der Waals surface area contributed by atoms with Gasteiger partial charge in [0.1, 0.15) is 0 Å². The molecular formula is C20H41N2O4Ti. The van der Waals surface area contributed by atoms with Crippen LogP contribution in [0.4, 0.5) is 0 Å². The van der Waals surface area contributed by atoms with Crippen molar-refractivity contribution >= 4 is 11.8 Å². The van der Waals surface area contributed by atoms with Crippen molar-refractivity contribution in [2.45, 2.75) is 112 Å². The zero-order valence-electron chi connectivity index (χ0n) is 18.6. The van der Waals surface area contributed by atoms with Crippen LogP contribution in [-0.2, 0) is 31.3 Å². The molecule has 2 N–H and O–H groups in total. The summed E-state index contributed by atoms with van der Waals surface area (Å²) in [4.78, 5) is 20.7. The Morgan fingerprint density at radius 2 is 1.44 bits per heavy atom. The van der Waals surface area contributed by atoms with Crippen LogP contribution in [-0.4, -0.2) is 30.1 Å². The van der Waals surface area contributed by atoms with Gasteiger partial charge in [0.15, 0.2) is 0 Å². The molecule has 1 saturated carbocycles. The van der Waals surface area contributed by atoms with Crippen LogP contribution in [0.15, 0.2) is 0 Å².